The average molecular weight is 265 g/mol. The van der Waals surface area contributed by atoms with Crippen molar-refractivity contribution in [2.24, 2.45) is 5.73 Å². The topological polar surface area (TPSA) is 41.3 Å². The molecule has 1 heterocycles. The highest BCUT2D eigenvalue weighted by Gasteiger charge is 2.19. The summed E-state index contributed by atoms with van der Waals surface area (Å²) in [6.07, 6.45) is 0. The van der Waals surface area contributed by atoms with E-state index in [9.17, 15) is 0 Å². The molecule has 0 spiro atoms. The zero-order valence-electron chi connectivity index (χ0n) is 11.9. The first kappa shape index (κ1) is 12.6. The minimum absolute atomic E-state index is 0.809. The Hall–Kier alpha value is -2.42. The predicted molar refractivity (Wildman–Crippen MR) is 85.1 cm³/mol. The van der Waals surface area contributed by atoms with Crippen molar-refractivity contribution in [1.29, 1.82) is 0 Å². The van der Waals surface area contributed by atoms with Crippen LogP contribution in [0.5, 0.6) is 0 Å². The lowest BCUT2D eigenvalue weighted by Gasteiger charge is -2.28. The zero-order valence-corrected chi connectivity index (χ0v) is 11.9. The first-order chi connectivity index (χ1) is 9.72. The Bertz CT molecular complexity index is 673. The standard InChI is InChI=1S/C17H19N3/c1-19-17-14-9-5-6-10-15(14)20(2)11-12-7-3-4-8-13(12)16(17)18/h3-10,19H,11,18H2,1-2H3/b17-16-. The quantitative estimate of drug-likeness (QED) is 0.833. The fraction of sp³-hybridized carbons (Fsp3) is 0.176. The third kappa shape index (κ3) is 1.92. The number of nitrogens with zero attached hydrogens (tertiary/aromatic N) is 1. The van der Waals surface area contributed by atoms with Crippen molar-refractivity contribution in [3.8, 4) is 0 Å². The Balaban J connectivity index is 2.32. The largest absolute Gasteiger partial charge is 0.397 e. The van der Waals surface area contributed by atoms with Gasteiger partial charge in [0.1, 0.15) is 0 Å². The summed E-state index contributed by atoms with van der Waals surface area (Å²) in [4.78, 5) is 2.26. The fourth-order valence-corrected chi connectivity index (χ4v) is 2.83. The summed E-state index contributed by atoms with van der Waals surface area (Å²) >= 11 is 0. The Kier molecular flexibility index (Phi) is 3.11. The Labute approximate surface area is 119 Å². The van der Waals surface area contributed by atoms with Crippen LogP contribution in [0.25, 0.3) is 11.4 Å². The first-order valence-electron chi connectivity index (χ1n) is 6.78. The normalized spacial score (nSPS) is 17.8. The molecule has 0 fully saturated rings. The lowest BCUT2D eigenvalue weighted by molar-refractivity contribution is 0.910. The summed E-state index contributed by atoms with van der Waals surface area (Å²) in [6.45, 7) is 0.852. The van der Waals surface area contributed by atoms with Crippen LogP contribution in [-0.2, 0) is 6.54 Å². The number of nitrogens with two attached hydrogens (primary N) is 1. The summed E-state index contributed by atoms with van der Waals surface area (Å²) in [6, 6.07) is 16.7. The van der Waals surface area contributed by atoms with Gasteiger partial charge in [-0.05, 0) is 11.6 Å². The molecule has 0 amide bonds. The van der Waals surface area contributed by atoms with Gasteiger partial charge in [0.25, 0.3) is 0 Å². The molecule has 0 saturated heterocycles. The van der Waals surface area contributed by atoms with Crippen molar-refractivity contribution < 1.29 is 0 Å². The zero-order chi connectivity index (χ0) is 14.1. The lowest BCUT2D eigenvalue weighted by Crippen LogP contribution is -2.24. The van der Waals surface area contributed by atoms with E-state index in [2.05, 4.69) is 53.7 Å². The Morgan fingerprint density at radius 1 is 1.00 bits per heavy atom. The van der Waals surface area contributed by atoms with E-state index in [1.54, 1.807) is 0 Å². The van der Waals surface area contributed by atoms with Gasteiger partial charge in [0.2, 0.25) is 0 Å². The number of hydrogen-bond donors (Lipinski definition) is 2. The van der Waals surface area contributed by atoms with Gasteiger partial charge in [-0.2, -0.15) is 0 Å². The lowest BCUT2D eigenvalue weighted by atomic mass is 9.96. The molecule has 2 aromatic rings. The van der Waals surface area contributed by atoms with Gasteiger partial charge in [0.05, 0.1) is 11.4 Å². The molecule has 0 saturated carbocycles. The van der Waals surface area contributed by atoms with E-state index in [1.807, 2.05) is 19.2 Å². The molecule has 2 aromatic carbocycles. The highest BCUT2D eigenvalue weighted by atomic mass is 15.1. The summed E-state index contributed by atoms with van der Waals surface area (Å²) in [5, 5.41) is 3.27. The van der Waals surface area contributed by atoms with Crippen LogP contribution in [0.1, 0.15) is 16.7 Å². The molecule has 1 aliphatic rings. The molecular formula is C17H19N3. The van der Waals surface area contributed by atoms with Crippen LogP contribution in [0.2, 0.25) is 0 Å². The average Bonchev–Trinajstić information content (AvgIpc) is 2.48. The van der Waals surface area contributed by atoms with Crippen molar-refractivity contribution in [3.05, 3.63) is 65.2 Å². The summed E-state index contributed by atoms with van der Waals surface area (Å²) < 4.78 is 0. The van der Waals surface area contributed by atoms with Gasteiger partial charge in [-0.1, -0.05) is 42.5 Å². The van der Waals surface area contributed by atoms with Gasteiger partial charge in [0.15, 0.2) is 0 Å². The summed E-state index contributed by atoms with van der Waals surface area (Å²) in [5.74, 6) is 0. The minimum atomic E-state index is 0.809. The smallest absolute Gasteiger partial charge is 0.0672 e. The van der Waals surface area contributed by atoms with Gasteiger partial charge in [-0.15, -0.1) is 0 Å². The SMILES string of the molecule is CN/C1=C(\N)c2ccccc2CN(C)c2ccccc21. The second kappa shape index (κ2) is 4.93. The maximum atomic E-state index is 6.43. The molecule has 3 heteroatoms. The number of fused-ring (bicyclic) bond motifs is 2. The van der Waals surface area contributed by atoms with E-state index in [0.717, 1.165) is 29.1 Å². The van der Waals surface area contributed by atoms with Crippen molar-refractivity contribution in [2.75, 3.05) is 19.0 Å². The molecule has 0 aromatic heterocycles. The van der Waals surface area contributed by atoms with E-state index in [4.69, 9.17) is 5.73 Å². The number of para-hydroxylation sites is 1. The molecule has 0 unspecified atom stereocenters. The number of rotatable bonds is 1. The molecule has 3 nitrogen and oxygen atoms in total. The Morgan fingerprint density at radius 3 is 2.40 bits per heavy atom. The molecule has 0 radical (unpaired) electrons. The predicted octanol–water partition coefficient (Wildman–Crippen LogP) is 2.64. The fourth-order valence-electron chi connectivity index (χ4n) is 2.83. The van der Waals surface area contributed by atoms with Crippen LogP contribution in [0.4, 0.5) is 5.69 Å². The van der Waals surface area contributed by atoms with Gasteiger partial charge < -0.3 is 16.0 Å². The highest BCUT2D eigenvalue weighted by Crippen LogP contribution is 2.33. The van der Waals surface area contributed by atoms with Crippen molar-refractivity contribution in [1.82, 2.24) is 5.32 Å². The van der Waals surface area contributed by atoms with E-state index < -0.39 is 0 Å². The van der Waals surface area contributed by atoms with Gasteiger partial charge in [-0.25, -0.2) is 0 Å². The molecule has 0 atom stereocenters. The van der Waals surface area contributed by atoms with E-state index >= 15 is 0 Å². The van der Waals surface area contributed by atoms with Crippen LogP contribution >= 0.6 is 0 Å². The second-order valence-electron chi connectivity index (χ2n) is 5.07. The van der Waals surface area contributed by atoms with Crippen molar-refractivity contribution in [2.45, 2.75) is 6.54 Å². The molecule has 3 N–H and O–H groups in total. The third-order valence-electron chi connectivity index (χ3n) is 3.82. The van der Waals surface area contributed by atoms with Gasteiger partial charge in [0, 0.05) is 37.5 Å². The van der Waals surface area contributed by atoms with Crippen LogP contribution in [0.15, 0.2) is 48.5 Å². The van der Waals surface area contributed by atoms with Crippen molar-refractivity contribution >= 4 is 17.1 Å². The molecular weight excluding hydrogens is 246 g/mol. The number of hydrogen-bond acceptors (Lipinski definition) is 3. The number of anilines is 1. The summed E-state index contributed by atoms with van der Waals surface area (Å²) in [7, 11) is 4.04. The van der Waals surface area contributed by atoms with Crippen LogP contribution in [0, 0.1) is 0 Å². The van der Waals surface area contributed by atoms with Crippen molar-refractivity contribution in [3.63, 3.8) is 0 Å². The molecule has 1 aliphatic heterocycles. The number of nitrogens with one attached hydrogen (secondary N) is 1. The van der Waals surface area contributed by atoms with Crippen LogP contribution in [-0.4, -0.2) is 14.1 Å². The second-order valence-corrected chi connectivity index (χ2v) is 5.07. The van der Waals surface area contributed by atoms with E-state index in [0.29, 0.717) is 0 Å². The first-order valence-corrected chi connectivity index (χ1v) is 6.78. The van der Waals surface area contributed by atoms with Crippen LogP contribution < -0.4 is 16.0 Å². The van der Waals surface area contributed by atoms with Gasteiger partial charge >= 0.3 is 0 Å². The molecule has 3 rings (SSSR count). The molecule has 0 aliphatic carbocycles. The minimum Gasteiger partial charge on any atom is -0.397 e. The molecule has 102 valence electrons. The van der Waals surface area contributed by atoms with E-state index in [-0.39, 0.29) is 0 Å². The monoisotopic (exact) mass is 265 g/mol. The van der Waals surface area contributed by atoms with Crippen LogP contribution in [0.3, 0.4) is 0 Å². The highest BCUT2D eigenvalue weighted by molar-refractivity contribution is 5.93. The maximum Gasteiger partial charge on any atom is 0.0672 e. The molecule has 20 heavy (non-hydrogen) atoms. The maximum absolute atomic E-state index is 6.43. The molecule has 0 bridgehead atoms. The third-order valence-corrected chi connectivity index (χ3v) is 3.82. The number of benzene rings is 2. The Morgan fingerprint density at radius 2 is 1.65 bits per heavy atom. The van der Waals surface area contributed by atoms with E-state index in [1.165, 1.54) is 11.3 Å². The summed E-state index contributed by atoms with van der Waals surface area (Å²) in [5.41, 5.74) is 12.9. The van der Waals surface area contributed by atoms with Gasteiger partial charge in [-0.3, -0.25) is 0 Å².